The van der Waals surface area contributed by atoms with Crippen molar-refractivity contribution >= 4 is 5.91 Å². The van der Waals surface area contributed by atoms with Crippen LogP contribution in [-0.2, 0) is 10.3 Å². The molecule has 2 aromatic carbocycles. The summed E-state index contributed by atoms with van der Waals surface area (Å²) >= 11 is 0. The highest BCUT2D eigenvalue weighted by Gasteiger charge is 2.38. The van der Waals surface area contributed by atoms with E-state index in [1.165, 1.54) is 5.56 Å². The standard InChI is InChI=1S/C22H28N2O2/c1-18(2)26-24(21(25)19-9-5-3-6-10-19)17-22(13-15-23-16-14-22)20-11-7-4-8-12-20/h3-12,18,23H,13-17H2,1-2H3. The molecule has 4 nitrogen and oxygen atoms in total. The van der Waals surface area contributed by atoms with Gasteiger partial charge in [0.15, 0.2) is 0 Å². The van der Waals surface area contributed by atoms with Gasteiger partial charge in [0.2, 0.25) is 0 Å². The number of piperidine rings is 1. The van der Waals surface area contributed by atoms with Gasteiger partial charge in [-0.3, -0.25) is 9.63 Å². The number of carbonyl (C=O) groups is 1. The van der Waals surface area contributed by atoms with Crippen molar-refractivity contribution in [1.29, 1.82) is 0 Å². The number of hydroxylamine groups is 2. The van der Waals surface area contributed by atoms with Crippen LogP contribution in [-0.4, -0.2) is 36.7 Å². The van der Waals surface area contributed by atoms with Crippen LogP contribution in [0.4, 0.5) is 0 Å². The van der Waals surface area contributed by atoms with Crippen molar-refractivity contribution in [1.82, 2.24) is 10.4 Å². The molecule has 1 amide bonds. The maximum absolute atomic E-state index is 13.1. The Balaban J connectivity index is 1.91. The first kappa shape index (κ1) is 18.6. The first-order valence-corrected chi connectivity index (χ1v) is 9.41. The minimum atomic E-state index is -0.0914. The molecule has 1 saturated heterocycles. The Hall–Kier alpha value is -2.17. The maximum Gasteiger partial charge on any atom is 0.277 e. The zero-order chi connectivity index (χ0) is 18.4. The minimum Gasteiger partial charge on any atom is -0.317 e. The SMILES string of the molecule is CC(C)ON(CC1(c2ccccc2)CCNCC1)C(=O)c1ccccc1. The number of hydrogen-bond acceptors (Lipinski definition) is 3. The van der Waals surface area contributed by atoms with Crippen molar-refractivity contribution in [3.05, 3.63) is 71.8 Å². The quantitative estimate of drug-likeness (QED) is 0.804. The topological polar surface area (TPSA) is 41.6 Å². The Bertz CT molecular complexity index is 695. The zero-order valence-corrected chi connectivity index (χ0v) is 15.7. The number of nitrogens with one attached hydrogen (secondary N) is 1. The molecule has 0 bridgehead atoms. The number of nitrogens with zero attached hydrogens (tertiary/aromatic N) is 1. The number of amides is 1. The molecule has 1 aliphatic rings. The van der Waals surface area contributed by atoms with Crippen LogP contribution in [0.15, 0.2) is 60.7 Å². The van der Waals surface area contributed by atoms with Crippen molar-refractivity contribution in [3.63, 3.8) is 0 Å². The lowest BCUT2D eigenvalue weighted by Gasteiger charge is -2.41. The van der Waals surface area contributed by atoms with Crippen molar-refractivity contribution < 1.29 is 9.63 Å². The Morgan fingerprint density at radius 3 is 2.19 bits per heavy atom. The van der Waals surface area contributed by atoms with Crippen molar-refractivity contribution in [2.75, 3.05) is 19.6 Å². The second kappa shape index (κ2) is 8.47. The third kappa shape index (κ3) is 4.32. The van der Waals surface area contributed by atoms with Crippen LogP contribution in [0.1, 0.15) is 42.6 Å². The largest absolute Gasteiger partial charge is 0.317 e. The van der Waals surface area contributed by atoms with Crippen LogP contribution in [0, 0.1) is 0 Å². The smallest absolute Gasteiger partial charge is 0.277 e. The summed E-state index contributed by atoms with van der Waals surface area (Å²) in [6, 6.07) is 19.9. The van der Waals surface area contributed by atoms with Crippen LogP contribution in [0.3, 0.4) is 0 Å². The highest BCUT2D eigenvalue weighted by Crippen LogP contribution is 2.35. The average molecular weight is 352 g/mol. The number of benzene rings is 2. The van der Waals surface area contributed by atoms with E-state index in [0.29, 0.717) is 12.1 Å². The summed E-state index contributed by atoms with van der Waals surface area (Å²) in [7, 11) is 0. The summed E-state index contributed by atoms with van der Waals surface area (Å²) in [5, 5.41) is 5.02. The Kier molecular flexibility index (Phi) is 6.07. The van der Waals surface area contributed by atoms with E-state index in [4.69, 9.17) is 4.84 Å². The first-order chi connectivity index (χ1) is 12.6. The molecule has 1 N–H and O–H groups in total. The third-order valence-electron chi connectivity index (χ3n) is 4.98. The van der Waals surface area contributed by atoms with Crippen LogP contribution in [0.5, 0.6) is 0 Å². The third-order valence-corrected chi connectivity index (χ3v) is 4.98. The molecular weight excluding hydrogens is 324 g/mol. The molecule has 1 aliphatic heterocycles. The lowest BCUT2D eigenvalue weighted by molar-refractivity contribution is -0.163. The van der Waals surface area contributed by atoms with Crippen LogP contribution in [0.25, 0.3) is 0 Å². The highest BCUT2D eigenvalue weighted by molar-refractivity contribution is 5.93. The van der Waals surface area contributed by atoms with Crippen molar-refractivity contribution in [2.45, 2.75) is 38.2 Å². The van der Waals surface area contributed by atoms with Gasteiger partial charge in [-0.2, -0.15) is 0 Å². The van der Waals surface area contributed by atoms with Gasteiger partial charge in [-0.05, 0) is 57.5 Å². The van der Waals surface area contributed by atoms with Crippen molar-refractivity contribution in [3.8, 4) is 0 Å². The average Bonchev–Trinajstić information content (AvgIpc) is 2.69. The van der Waals surface area contributed by atoms with Gasteiger partial charge in [0, 0.05) is 11.0 Å². The number of hydrogen-bond donors (Lipinski definition) is 1. The lowest BCUT2D eigenvalue weighted by atomic mass is 9.73. The van der Waals surface area contributed by atoms with E-state index in [-0.39, 0.29) is 17.4 Å². The summed E-state index contributed by atoms with van der Waals surface area (Å²) in [5.74, 6) is -0.0758. The number of carbonyl (C=O) groups excluding carboxylic acids is 1. The molecule has 1 heterocycles. The summed E-state index contributed by atoms with van der Waals surface area (Å²) in [4.78, 5) is 19.1. The Morgan fingerprint density at radius 2 is 1.62 bits per heavy atom. The predicted molar refractivity (Wildman–Crippen MR) is 104 cm³/mol. The van der Waals surface area contributed by atoms with E-state index in [1.54, 1.807) is 5.06 Å². The normalized spacial score (nSPS) is 16.4. The molecule has 4 heteroatoms. The van der Waals surface area contributed by atoms with Gasteiger partial charge in [-0.25, -0.2) is 5.06 Å². The Labute approximate surface area is 156 Å². The molecule has 0 saturated carbocycles. The van der Waals surface area contributed by atoms with Crippen LogP contribution in [0.2, 0.25) is 0 Å². The second-order valence-corrected chi connectivity index (χ2v) is 7.26. The summed E-state index contributed by atoms with van der Waals surface area (Å²) in [5.41, 5.74) is 1.84. The summed E-state index contributed by atoms with van der Waals surface area (Å²) in [6.45, 7) is 6.38. The molecule has 0 atom stereocenters. The van der Waals surface area contributed by atoms with E-state index < -0.39 is 0 Å². The van der Waals surface area contributed by atoms with Gasteiger partial charge in [0.25, 0.3) is 5.91 Å². The lowest BCUT2D eigenvalue weighted by Crippen LogP contribution is -2.49. The fourth-order valence-electron chi connectivity index (χ4n) is 3.65. The molecule has 0 radical (unpaired) electrons. The monoisotopic (exact) mass is 352 g/mol. The summed E-state index contributed by atoms with van der Waals surface area (Å²) < 4.78 is 0. The summed E-state index contributed by atoms with van der Waals surface area (Å²) in [6.07, 6.45) is 1.91. The van der Waals surface area contributed by atoms with Gasteiger partial charge >= 0.3 is 0 Å². The fraction of sp³-hybridized carbons (Fsp3) is 0.409. The maximum atomic E-state index is 13.1. The molecule has 3 rings (SSSR count). The van der Waals surface area contributed by atoms with E-state index in [1.807, 2.05) is 50.2 Å². The molecule has 0 spiro atoms. The molecule has 1 fully saturated rings. The number of rotatable bonds is 6. The molecule has 0 unspecified atom stereocenters. The van der Waals surface area contributed by atoms with E-state index in [2.05, 4.69) is 29.6 Å². The molecule has 0 aliphatic carbocycles. The molecule has 26 heavy (non-hydrogen) atoms. The van der Waals surface area contributed by atoms with E-state index in [9.17, 15) is 4.79 Å². The molecular formula is C22H28N2O2. The molecule has 138 valence electrons. The van der Waals surface area contributed by atoms with Crippen molar-refractivity contribution in [2.24, 2.45) is 0 Å². The van der Waals surface area contributed by atoms with Crippen LogP contribution < -0.4 is 5.32 Å². The second-order valence-electron chi connectivity index (χ2n) is 7.26. The first-order valence-electron chi connectivity index (χ1n) is 9.41. The van der Waals surface area contributed by atoms with Gasteiger partial charge < -0.3 is 5.32 Å². The Morgan fingerprint density at radius 1 is 1.04 bits per heavy atom. The molecule has 2 aromatic rings. The van der Waals surface area contributed by atoms with Gasteiger partial charge in [0.1, 0.15) is 0 Å². The van der Waals surface area contributed by atoms with Gasteiger partial charge in [0.05, 0.1) is 12.6 Å². The highest BCUT2D eigenvalue weighted by atomic mass is 16.7. The van der Waals surface area contributed by atoms with Gasteiger partial charge in [-0.1, -0.05) is 48.5 Å². The van der Waals surface area contributed by atoms with E-state index >= 15 is 0 Å². The van der Waals surface area contributed by atoms with E-state index in [0.717, 1.165) is 25.9 Å². The zero-order valence-electron chi connectivity index (χ0n) is 15.7. The fourth-order valence-corrected chi connectivity index (χ4v) is 3.65. The minimum absolute atomic E-state index is 0.0581. The van der Waals surface area contributed by atoms with Gasteiger partial charge in [-0.15, -0.1) is 0 Å². The predicted octanol–water partition coefficient (Wildman–Crippen LogP) is 3.79. The van der Waals surface area contributed by atoms with Crippen LogP contribution >= 0.6 is 0 Å². The molecule has 0 aromatic heterocycles.